The number of para-hydroxylation sites is 1. The first-order chi connectivity index (χ1) is 10.2. The molecule has 0 amide bonds. The van der Waals surface area contributed by atoms with Gasteiger partial charge in [0.2, 0.25) is 0 Å². The Bertz CT molecular complexity index is 825. The number of ketones is 1. The number of benzene rings is 2. The van der Waals surface area contributed by atoms with Crippen LogP contribution in [0.4, 0.5) is 4.39 Å². The van der Waals surface area contributed by atoms with Crippen LogP contribution in [0.25, 0.3) is 10.9 Å². The van der Waals surface area contributed by atoms with Gasteiger partial charge in [-0.3, -0.25) is 9.78 Å². The molecule has 21 heavy (non-hydrogen) atoms. The van der Waals surface area contributed by atoms with E-state index in [1.165, 1.54) is 19.1 Å². The highest BCUT2D eigenvalue weighted by Gasteiger charge is 2.15. The van der Waals surface area contributed by atoms with Crippen LogP contribution in [0.3, 0.4) is 0 Å². The zero-order valence-electron chi connectivity index (χ0n) is 11.3. The van der Waals surface area contributed by atoms with E-state index in [0.717, 1.165) is 10.9 Å². The minimum atomic E-state index is -0.566. The molecular weight excluding hydrogens is 269 g/mol. The molecule has 0 aliphatic rings. The van der Waals surface area contributed by atoms with Gasteiger partial charge in [0.15, 0.2) is 17.3 Å². The number of aromatic nitrogens is 1. The summed E-state index contributed by atoms with van der Waals surface area (Å²) in [6.45, 7) is 1.38. The van der Waals surface area contributed by atoms with Crippen LogP contribution in [-0.4, -0.2) is 10.8 Å². The van der Waals surface area contributed by atoms with Crippen molar-refractivity contribution >= 4 is 16.7 Å². The second kappa shape index (κ2) is 5.32. The average molecular weight is 281 g/mol. The third-order valence-electron chi connectivity index (χ3n) is 3.16. The number of rotatable bonds is 3. The zero-order chi connectivity index (χ0) is 14.8. The quantitative estimate of drug-likeness (QED) is 0.669. The SMILES string of the molecule is CC(=O)c1cccc(F)c1Oc1cccc2ncccc12. The van der Waals surface area contributed by atoms with Crippen molar-refractivity contribution in [3.63, 3.8) is 0 Å². The summed E-state index contributed by atoms with van der Waals surface area (Å²) in [5, 5.41) is 0.762. The molecule has 3 rings (SSSR count). The van der Waals surface area contributed by atoms with Gasteiger partial charge in [0, 0.05) is 11.6 Å². The minimum absolute atomic E-state index is 0.0543. The van der Waals surface area contributed by atoms with Gasteiger partial charge in [-0.15, -0.1) is 0 Å². The first-order valence-electron chi connectivity index (χ1n) is 6.48. The van der Waals surface area contributed by atoms with Gasteiger partial charge >= 0.3 is 0 Å². The number of pyridine rings is 1. The van der Waals surface area contributed by atoms with Gasteiger partial charge in [0.1, 0.15) is 5.75 Å². The highest BCUT2D eigenvalue weighted by molar-refractivity contribution is 5.97. The summed E-state index contributed by atoms with van der Waals surface area (Å²) < 4.78 is 19.7. The first kappa shape index (κ1) is 13.2. The summed E-state index contributed by atoms with van der Waals surface area (Å²) in [6, 6.07) is 13.3. The fraction of sp³-hybridized carbons (Fsp3) is 0.0588. The van der Waals surface area contributed by atoms with Gasteiger partial charge in [-0.1, -0.05) is 12.1 Å². The molecule has 0 aliphatic carbocycles. The summed E-state index contributed by atoms with van der Waals surface area (Å²) >= 11 is 0. The lowest BCUT2D eigenvalue weighted by atomic mass is 10.1. The van der Waals surface area contributed by atoms with Gasteiger partial charge in [-0.25, -0.2) is 4.39 Å². The molecular formula is C17H12FNO2. The number of carbonyl (C=O) groups excluding carboxylic acids is 1. The van der Waals surface area contributed by atoms with Crippen LogP contribution in [0.15, 0.2) is 54.7 Å². The van der Waals surface area contributed by atoms with E-state index < -0.39 is 5.82 Å². The number of Topliss-reactive ketones (excluding diaryl/α,β-unsaturated/α-hetero) is 1. The maximum Gasteiger partial charge on any atom is 0.173 e. The molecule has 4 heteroatoms. The lowest BCUT2D eigenvalue weighted by Gasteiger charge is -2.12. The Hall–Kier alpha value is -2.75. The van der Waals surface area contributed by atoms with Gasteiger partial charge in [-0.2, -0.15) is 0 Å². The standard InChI is InChI=1S/C17H12FNO2/c1-11(20)12-5-2-7-14(18)17(12)21-16-9-3-8-15-13(16)6-4-10-19-15/h2-10H,1H3. The summed E-state index contributed by atoms with van der Waals surface area (Å²) in [7, 11) is 0. The third kappa shape index (κ3) is 2.48. The van der Waals surface area contributed by atoms with Crippen molar-refractivity contribution in [3.05, 3.63) is 66.1 Å². The molecule has 104 valence electrons. The number of hydrogen-bond donors (Lipinski definition) is 0. The normalized spacial score (nSPS) is 10.6. The highest BCUT2D eigenvalue weighted by atomic mass is 19.1. The van der Waals surface area contributed by atoms with Crippen LogP contribution in [0, 0.1) is 5.82 Å². The Labute approximate surface area is 121 Å². The number of carbonyl (C=O) groups is 1. The lowest BCUT2D eigenvalue weighted by Crippen LogP contribution is -1.99. The second-order valence-electron chi connectivity index (χ2n) is 4.60. The van der Waals surface area contributed by atoms with E-state index in [2.05, 4.69) is 4.98 Å². The summed E-state index contributed by atoms with van der Waals surface area (Å²) in [5.74, 6) is -0.402. The Morgan fingerprint density at radius 2 is 1.90 bits per heavy atom. The zero-order valence-corrected chi connectivity index (χ0v) is 11.3. The van der Waals surface area contributed by atoms with Gasteiger partial charge in [-0.05, 0) is 43.3 Å². The van der Waals surface area contributed by atoms with E-state index in [9.17, 15) is 9.18 Å². The molecule has 3 nitrogen and oxygen atoms in total. The monoisotopic (exact) mass is 281 g/mol. The number of hydrogen-bond acceptors (Lipinski definition) is 3. The van der Waals surface area contributed by atoms with Crippen LogP contribution in [0.1, 0.15) is 17.3 Å². The maximum absolute atomic E-state index is 14.0. The Kier molecular flexibility index (Phi) is 3.36. The predicted molar refractivity (Wildman–Crippen MR) is 78.2 cm³/mol. The van der Waals surface area contributed by atoms with Crippen LogP contribution in [0.2, 0.25) is 0 Å². The number of halogens is 1. The van der Waals surface area contributed by atoms with Crippen molar-refractivity contribution in [1.82, 2.24) is 4.98 Å². The fourth-order valence-corrected chi connectivity index (χ4v) is 2.16. The maximum atomic E-state index is 14.0. The van der Waals surface area contributed by atoms with Gasteiger partial charge in [0.05, 0.1) is 11.1 Å². The molecule has 0 atom stereocenters. The van der Waals surface area contributed by atoms with Crippen molar-refractivity contribution in [2.24, 2.45) is 0 Å². The molecule has 0 saturated carbocycles. The summed E-state index contributed by atoms with van der Waals surface area (Å²) in [5.41, 5.74) is 0.964. The fourth-order valence-electron chi connectivity index (χ4n) is 2.16. The van der Waals surface area contributed by atoms with Crippen molar-refractivity contribution in [2.75, 3.05) is 0 Å². The van der Waals surface area contributed by atoms with Crippen molar-refractivity contribution in [2.45, 2.75) is 6.92 Å². The predicted octanol–water partition coefficient (Wildman–Crippen LogP) is 4.37. The minimum Gasteiger partial charge on any atom is -0.453 e. The molecule has 0 radical (unpaired) electrons. The van der Waals surface area contributed by atoms with Gasteiger partial charge in [0.25, 0.3) is 0 Å². The van der Waals surface area contributed by atoms with E-state index in [4.69, 9.17) is 4.74 Å². The molecule has 1 aromatic heterocycles. The number of nitrogens with zero attached hydrogens (tertiary/aromatic N) is 1. The topological polar surface area (TPSA) is 39.2 Å². The average Bonchev–Trinajstić information content (AvgIpc) is 2.49. The second-order valence-corrected chi connectivity index (χ2v) is 4.60. The summed E-state index contributed by atoms with van der Waals surface area (Å²) in [4.78, 5) is 15.8. The molecule has 0 N–H and O–H groups in total. The molecule has 3 aromatic rings. The van der Waals surface area contributed by atoms with Crippen LogP contribution in [0.5, 0.6) is 11.5 Å². The molecule has 2 aromatic carbocycles. The van der Waals surface area contributed by atoms with Crippen molar-refractivity contribution in [3.8, 4) is 11.5 Å². The van der Waals surface area contributed by atoms with Crippen LogP contribution in [-0.2, 0) is 0 Å². The molecule has 0 bridgehead atoms. The van der Waals surface area contributed by atoms with Crippen molar-refractivity contribution in [1.29, 1.82) is 0 Å². The number of ether oxygens (including phenoxy) is 1. The lowest BCUT2D eigenvalue weighted by molar-refractivity contribution is 0.101. The molecule has 0 saturated heterocycles. The molecule has 0 unspecified atom stereocenters. The third-order valence-corrected chi connectivity index (χ3v) is 3.16. The highest BCUT2D eigenvalue weighted by Crippen LogP contribution is 2.32. The van der Waals surface area contributed by atoms with Crippen LogP contribution < -0.4 is 4.74 Å². The van der Waals surface area contributed by atoms with Crippen LogP contribution >= 0.6 is 0 Å². The molecule has 0 spiro atoms. The van der Waals surface area contributed by atoms with E-state index in [1.54, 1.807) is 30.5 Å². The molecule has 0 fully saturated rings. The van der Waals surface area contributed by atoms with Crippen molar-refractivity contribution < 1.29 is 13.9 Å². The molecule has 1 heterocycles. The van der Waals surface area contributed by atoms with E-state index in [0.29, 0.717) is 5.75 Å². The Morgan fingerprint density at radius 3 is 2.71 bits per heavy atom. The van der Waals surface area contributed by atoms with E-state index in [-0.39, 0.29) is 17.1 Å². The summed E-state index contributed by atoms with van der Waals surface area (Å²) in [6.07, 6.45) is 1.68. The van der Waals surface area contributed by atoms with E-state index >= 15 is 0 Å². The first-order valence-corrected chi connectivity index (χ1v) is 6.48. The Balaban J connectivity index is 2.13. The molecule has 0 aliphatic heterocycles. The largest absolute Gasteiger partial charge is 0.453 e. The Morgan fingerprint density at radius 1 is 1.10 bits per heavy atom. The van der Waals surface area contributed by atoms with Gasteiger partial charge < -0.3 is 4.74 Å². The number of fused-ring (bicyclic) bond motifs is 1. The smallest absolute Gasteiger partial charge is 0.173 e. The van der Waals surface area contributed by atoms with E-state index in [1.807, 2.05) is 12.1 Å².